The van der Waals surface area contributed by atoms with E-state index in [4.69, 9.17) is 39.1 Å². The summed E-state index contributed by atoms with van der Waals surface area (Å²) in [5, 5.41) is 0. The first-order valence-electron chi connectivity index (χ1n) is 15.5. The highest BCUT2D eigenvalue weighted by Crippen LogP contribution is 2.39. The molecule has 0 bridgehead atoms. The molecule has 0 aromatic carbocycles. The van der Waals surface area contributed by atoms with E-state index in [-0.39, 0.29) is 5.92 Å². The molecule has 0 aliphatic carbocycles. The first kappa shape index (κ1) is 41.2. The van der Waals surface area contributed by atoms with Crippen molar-refractivity contribution in [3.05, 3.63) is 0 Å². The minimum Gasteiger partial charge on any atom is -0.230 e. The Morgan fingerprint density at radius 1 is 0.429 bits per heavy atom. The molecular formula is C34H66O8. The van der Waals surface area contributed by atoms with Crippen LogP contribution in [0.2, 0.25) is 0 Å². The maximum Gasteiger partial charge on any atom is 0.161 e. The lowest BCUT2D eigenvalue weighted by atomic mass is 9.76. The van der Waals surface area contributed by atoms with Gasteiger partial charge in [-0.2, -0.15) is 0 Å². The van der Waals surface area contributed by atoms with Crippen LogP contribution in [-0.4, -0.2) is 44.8 Å². The molecule has 0 aliphatic rings. The van der Waals surface area contributed by atoms with E-state index in [9.17, 15) is 0 Å². The molecule has 0 rings (SSSR count). The fourth-order valence-corrected chi connectivity index (χ4v) is 3.15. The molecule has 0 aromatic rings. The van der Waals surface area contributed by atoms with Crippen molar-refractivity contribution in [2.75, 3.05) is 0 Å². The highest BCUT2D eigenvalue weighted by Gasteiger charge is 2.44. The van der Waals surface area contributed by atoms with Crippen LogP contribution in [0.4, 0.5) is 0 Å². The Labute approximate surface area is 258 Å². The summed E-state index contributed by atoms with van der Waals surface area (Å²) in [5.74, 6) is 6.40. The van der Waals surface area contributed by atoms with Gasteiger partial charge in [0.1, 0.15) is 5.60 Å². The third-order valence-corrected chi connectivity index (χ3v) is 6.64. The summed E-state index contributed by atoms with van der Waals surface area (Å²) in [6, 6.07) is 0. The average Bonchev–Trinajstić information content (AvgIpc) is 2.82. The van der Waals surface area contributed by atoms with E-state index in [0.29, 0.717) is 12.8 Å². The molecule has 0 aliphatic heterocycles. The first-order valence-corrected chi connectivity index (χ1v) is 15.5. The van der Waals surface area contributed by atoms with Crippen molar-refractivity contribution in [2.45, 2.75) is 202 Å². The van der Waals surface area contributed by atoms with E-state index in [0.717, 1.165) is 12.8 Å². The number of rotatable bonds is 17. The van der Waals surface area contributed by atoms with Crippen molar-refractivity contribution in [3.8, 4) is 11.8 Å². The van der Waals surface area contributed by atoms with E-state index in [2.05, 4.69) is 18.8 Å². The van der Waals surface area contributed by atoms with Crippen LogP contribution in [0.1, 0.15) is 157 Å². The average molecular weight is 603 g/mol. The van der Waals surface area contributed by atoms with Gasteiger partial charge in [0.2, 0.25) is 0 Å². The second-order valence-corrected chi connectivity index (χ2v) is 16.6. The van der Waals surface area contributed by atoms with Gasteiger partial charge in [-0.25, -0.2) is 39.1 Å². The van der Waals surface area contributed by atoms with Gasteiger partial charge in [0.05, 0.1) is 28.0 Å². The van der Waals surface area contributed by atoms with Crippen LogP contribution in [0, 0.1) is 17.8 Å². The molecule has 0 radical (unpaired) electrons. The van der Waals surface area contributed by atoms with E-state index >= 15 is 0 Å². The van der Waals surface area contributed by atoms with Crippen LogP contribution < -0.4 is 0 Å². The molecule has 0 saturated heterocycles. The Morgan fingerprint density at radius 2 is 0.833 bits per heavy atom. The van der Waals surface area contributed by atoms with Crippen molar-refractivity contribution in [1.82, 2.24) is 0 Å². The van der Waals surface area contributed by atoms with E-state index in [1.54, 1.807) is 0 Å². The molecule has 0 fully saturated rings. The third-order valence-electron chi connectivity index (χ3n) is 6.64. The zero-order valence-corrected chi connectivity index (χ0v) is 30.7. The van der Waals surface area contributed by atoms with E-state index in [1.165, 1.54) is 0 Å². The summed E-state index contributed by atoms with van der Waals surface area (Å²) >= 11 is 0. The molecule has 0 N–H and O–H groups in total. The standard InChI is InChI=1S/C34H66O8/c1-20-29(9,10)37-39-31(13,14)22-23-34(19,42-38-30(11,12)21-2)25-26(33(17,18)41-36-28(6,7)8)24-32(15,16)40-35-27(3,4)5/h26H,20-21,24-25H2,1-19H3. The Kier molecular flexibility index (Phi) is 14.7. The summed E-state index contributed by atoms with van der Waals surface area (Å²) in [6.07, 6.45) is 2.53. The molecule has 42 heavy (non-hydrogen) atoms. The number of hydrogen-bond donors (Lipinski definition) is 0. The summed E-state index contributed by atoms with van der Waals surface area (Å²) < 4.78 is 0. The van der Waals surface area contributed by atoms with Crippen LogP contribution in [0.15, 0.2) is 0 Å². The third kappa shape index (κ3) is 18.1. The molecule has 250 valence electrons. The normalized spacial score (nSPS) is 16.5. The fourth-order valence-electron chi connectivity index (χ4n) is 3.15. The van der Waals surface area contributed by atoms with Crippen molar-refractivity contribution in [2.24, 2.45) is 5.92 Å². The molecule has 8 heteroatoms. The zero-order valence-electron chi connectivity index (χ0n) is 30.7. The summed E-state index contributed by atoms with van der Waals surface area (Å²) in [5.41, 5.74) is -5.29. The molecule has 2 unspecified atom stereocenters. The van der Waals surface area contributed by atoms with Crippen molar-refractivity contribution in [1.29, 1.82) is 0 Å². The van der Waals surface area contributed by atoms with Gasteiger partial charge in [-0.3, -0.25) is 0 Å². The molecule has 0 aromatic heterocycles. The SMILES string of the molecule is CCC(C)(C)OOC(C)(C)C#CC(C)(CC(CC(C)(C)OOC(C)(C)C)C(C)(C)OOC(C)(C)C)OOC(C)(C)CC. The van der Waals surface area contributed by atoms with Gasteiger partial charge in [0, 0.05) is 0 Å². The van der Waals surface area contributed by atoms with E-state index in [1.807, 2.05) is 125 Å². The van der Waals surface area contributed by atoms with Crippen LogP contribution in [0.5, 0.6) is 0 Å². The summed E-state index contributed by atoms with van der Waals surface area (Å²) in [4.78, 5) is 47.3. The van der Waals surface area contributed by atoms with Gasteiger partial charge in [-0.05, 0) is 149 Å². The molecule has 0 amide bonds. The predicted molar refractivity (Wildman–Crippen MR) is 168 cm³/mol. The minimum absolute atomic E-state index is 0.176. The molecule has 2 atom stereocenters. The Bertz CT molecular complexity index is 865. The van der Waals surface area contributed by atoms with Gasteiger partial charge >= 0.3 is 0 Å². The largest absolute Gasteiger partial charge is 0.230 e. The van der Waals surface area contributed by atoms with Gasteiger partial charge in [-0.1, -0.05) is 25.7 Å². The van der Waals surface area contributed by atoms with Gasteiger partial charge in [0.15, 0.2) is 11.2 Å². The maximum atomic E-state index is 6.21. The topological polar surface area (TPSA) is 73.8 Å². The lowest BCUT2D eigenvalue weighted by Gasteiger charge is -2.42. The monoisotopic (exact) mass is 602 g/mol. The Morgan fingerprint density at radius 3 is 1.26 bits per heavy atom. The van der Waals surface area contributed by atoms with Crippen LogP contribution in [0.25, 0.3) is 0 Å². The molecule has 0 spiro atoms. The van der Waals surface area contributed by atoms with Crippen molar-refractivity contribution in [3.63, 3.8) is 0 Å². The quantitative estimate of drug-likeness (QED) is 0.0926. The smallest absolute Gasteiger partial charge is 0.161 e. The zero-order chi connectivity index (χ0) is 33.5. The summed E-state index contributed by atoms with van der Waals surface area (Å²) in [7, 11) is 0. The lowest BCUT2D eigenvalue weighted by Crippen LogP contribution is -2.46. The van der Waals surface area contributed by atoms with E-state index < -0.39 is 44.8 Å². The lowest BCUT2D eigenvalue weighted by molar-refractivity contribution is -0.425. The summed E-state index contributed by atoms with van der Waals surface area (Å²) in [6.45, 7) is 37.4. The Balaban J connectivity index is 6.55. The van der Waals surface area contributed by atoms with Crippen LogP contribution in [0.3, 0.4) is 0 Å². The van der Waals surface area contributed by atoms with Gasteiger partial charge in [0.25, 0.3) is 0 Å². The second kappa shape index (κ2) is 15.0. The van der Waals surface area contributed by atoms with Crippen molar-refractivity contribution >= 4 is 0 Å². The fraction of sp³-hybridized carbons (Fsp3) is 0.941. The molecule has 0 saturated carbocycles. The maximum absolute atomic E-state index is 6.21. The minimum atomic E-state index is -1.05. The first-order chi connectivity index (χ1) is 18.5. The van der Waals surface area contributed by atoms with Gasteiger partial charge in [-0.15, -0.1) is 0 Å². The Hall–Kier alpha value is -0.760. The van der Waals surface area contributed by atoms with Crippen molar-refractivity contribution < 1.29 is 39.1 Å². The van der Waals surface area contributed by atoms with Crippen LogP contribution >= 0.6 is 0 Å². The highest BCUT2D eigenvalue weighted by atomic mass is 17.2. The predicted octanol–water partition coefficient (Wildman–Crippen LogP) is 9.25. The van der Waals surface area contributed by atoms with Gasteiger partial charge < -0.3 is 0 Å². The highest BCUT2D eigenvalue weighted by molar-refractivity contribution is 5.20. The molecular weight excluding hydrogens is 536 g/mol. The molecule has 8 nitrogen and oxygen atoms in total. The number of hydrogen-bond acceptors (Lipinski definition) is 8. The second-order valence-electron chi connectivity index (χ2n) is 16.6. The molecule has 0 heterocycles. The van der Waals surface area contributed by atoms with Crippen LogP contribution in [-0.2, 0) is 39.1 Å².